The first-order chi connectivity index (χ1) is 11.7. The van der Waals surface area contributed by atoms with Gasteiger partial charge >= 0.3 is 0 Å². The zero-order chi connectivity index (χ0) is 16.9. The number of nitrogens with one attached hydrogen (secondary N) is 1. The van der Waals surface area contributed by atoms with Crippen LogP contribution in [0.3, 0.4) is 0 Å². The molecule has 0 fully saturated rings. The van der Waals surface area contributed by atoms with Gasteiger partial charge < -0.3 is 10.1 Å². The van der Waals surface area contributed by atoms with Gasteiger partial charge in [-0.2, -0.15) is 0 Å². The van der Waals surface area contributed by atoms with Crippen LogP contribution in [0.25, 0.3) is 11.0 Å². The molecule has 0 saturated carbocycles. The van der Waals surface area contributed by atoms with Crippen molar-refractivity contribution in [2.75, 3.05) is 26.0 Å². The lowest BCUT2D eigenvalue weighted by Gasteiger charge is -2.17. The topological polar surface area (TPSA) is 80.5 Å². The molecule has 1 N–H and O–H groups in total. The first kappa shape index (κ1) is 15.9. The van der Waals surface area contributed by atoms with Crippen molar-refractivity contribution in [1.29, 1.82) is 0 Å². The number of carbonyl (C=O) groups is 1. The summed E-state index contributed by atoms with van der Waals surface area (Å²) in [4.78, 5) is 14.1. The van der Waals surface area contributed by atoms with E-state index in [0.29, 0.717) is 23.5 Å². The van der Waals surface area contributed by atoms with Gasteiger partial charge in [-0.25, -0.2) is 4.63 Å². The molecule has 7 nitrogen and oxygen atoms in total. The van der Waals surface area contributed by atoms with Crippen LogP contribution < -0.4 is 10.1 Å². The van der Waals surface area contributed by atoms with Crippen molar-refractivity contribution in [3.05, 3.63) is 48.0 Å². The Kier molecular flexibility index (Phi) is 4.72. The van der Waals surface area contributed by atoms with Crippen molar-refractivity contribution in [2.45, 2.75) is 6.54 Å². The molecule has 1 heterocycles. The maximum atomic E-state index is 12.2. The molecule has 1 amide bonds. The lowest BCUT2D eigenvalue weighted by atomic mass is 10.2. The molecule has 0 unspecified atom stereocenters. The predicted molar refractivity (Wildman–Crippen MR) is 89.8 cm³/mol. The largest absolute Gasteiger partial charge is 0.495 e. The molecule has 0 aliphatic heterocycles. The normalized spacial score (nSPS) is 11.0. The van der Waals surface area contributed by atoms with Gasteiger partial charge in [-0.05, 0) is 47.2 Å². The van der Waals surface area contributed by atoms with Gasteiger partial charge in [0.25, 0.3) is 0 Å². The van der Waals surface area contributed by atoms with Crippen LogP contribution in [0.2, 0.25) is 0 Å². The van der Waals surface area contributed by atoms with Crippen LogP contribution >= 0.6 is 0 Å². The number of methoxy groups -OCH3 is 1. The number of carbonyl (C=O) groups excluding carboxylic acids is 1. The molecule has 24 heavy (non-hydrogen) atoms. The first-order valence-corrected chi connectivity index (χ1v) is 7.48. The smallest absolute Gasteiger partial charge is 0.238 e. The van der Waals surface area contributed by atoms with Crippen LogP contribution in [-0.4, -0.2) is 41.8 Å². The fourth-order valence-electron chi connectivity index (χ4n) is 2.48. The molecule has 0 radical (unpaired) electrons. The van der Waals surface area contributed by atoms with E-state index < -0.39 is 0 Å². The molecule has 2 aromatic carbocycles. The van der Waals surface area contributed by atoms with Crippen LogP contribution in [0.4, 0.5) is 5.69 Å². The Labute approximate surface area is 139 Å². The van der Waals surface area contributed by atoms with Gasteiger partial charge in [0.2, 0.25) is 5.91 Å². The zero-order valence-electron chi connectivity index (χ0n) is 13.5. The quantitative estimate of drug-likeness (QED) is 0.748. The molecule has 0 spiro atoms. The van der Waals surface area contributed by atoms with Gasteiger partial charge in [0.1, 0.15) is 16.8 Å². The Morgan fingerprint density at radius 2 is 2.00 bits per heavy atom. The Morgan fingerprint density at radius 3 is 2.83 bits per heavy atom. The van der Waals surface area contributed by atoms with E-state index in [1.165, 1.54) is 0 Å². The number of para-hydroxylation sites is 2. The van der Waals surface area contributed by atoms with Crippen molar-refractivity contribution in [2.24, 2.45) is 0 Å². The SMILES string of the molecule is COc1ccccc1NC(=O)CN(C)Cc1ccc2nonc2c1. The third kappa shape index (κ3) is 3.69. The highest BCUT2D eigenvalue weighted by atomic mass is 16.6. The van der Waals surface area contributed by atoms with Gasteiger partial charge in [0, 0.05) is 6.54 Å². The Balaban J connectivity index is 1.59. The number of aromatic nitrogens is 2. The van der Waals surface area contributed by atoms with E-state index >= 15 is 0 Å². The van der Waals surface area contributed by atoms with E-state index in [-0.39, 0.29) is 12.5 Å². The first-order valence-electron chi connectivity index (χ1n) is 7.48. The van der Waals surface area contributed by atoms with E-state index in [9.17, 15) is 4.79 Å². The van der Waals surface area contributed by atoms with Crippen molar-refractivity contribution in [3.8, 4) is 5.75 Å². The minimum absolute atomic E-state index is 0.105. The number of ether oxygens (including phenoxy) is 1. The van der Waals surface area contributed by atoms with E-state index in [2.05, 4.69) is 20.3 Å². The number of fused-ring (bicyclic) bond motifs is 1. The zero-order valence-corrected chi connectivity index (χ0v) is 13.5. The monoisotopic (exact) mass is 326 g/mol. The lowest BCUT2D eigenvalue weighted by Crippen LogP contribution is -2.29. The molecule has 7 heteroatoms. The molecule has 0 atom stereocenters. The Bertz CT molecular complexity index is 846. The van der Waals surface area contributed by atoms with Crippen molar-refractivity contribution in [3.63, 3.8) is 0 Å². The summed E-state index contributed by atoms with van der Waals surface area (Å²) in [7, 11) is 3.46. The molecule has 0 bridgehead atoms. The summed E-state index contributed by atoms with van der Waals surface area (Å²) in [5.74, 6) is 0.531. The van der Waals surface area contributed by atoms with Gasteiger partial charge in [-0.1, -0.05) is 18.2 Å². The Hall–Kier alpha value is -2.93. The number of benzene rings is 2. The number of hydrogen-bond acceptors (Lipinski definition) is 6. The summed E-state index contributed by atoms with van der Waals surface area (Å²) in [5, 5.41) is 10.5. The minimum atomic E-state index is -0.105. The van der Waals surface area contributed by atoms with Crippen LogP contribution in [0.5, 0.6) is 5.75 Å². The van der Waals surface area contributed by atoms with Gasteiger partial charge in [-0.15, -0.1) is 0 Å². The highest BCUT2D eigenvalue weighted by molar-refractivity contribution is 5.93. The van der Waals surface area contributed by atoms with Crippen LogP contribution in [0.1, 0.15) is 5.56 Å². The van der Waals surface area contributed by atoms with E-state index in [1.807, 2.05) is 48.3 Å². The number of likely N-dealkylation sites (N-methyl/N-ethyl adjacent to an activating group) is 1. The molecule has 3 aromatic rings. The van der Waals surface area contributed by atoms with Gasteiger partial charge in [0.15, 0.2) is 0 Å². The maximum Gasteiger partial charge on any atom is 0.238 e. The molecular weight excluding hydrogens is 308 g/mol. The predicted octanol–water partition coefficient (Wildman–Crippen LogP) is 2.30. The Morgan fingerprint density at radius 1 is 1.21 bits per heavy atom. The number of hydrogen-bond donors (Lipinski definition) is 1. The van der Waals surface area contributed by atoms with Gasteiger partial charge in [0.05, 0.1) is 19.3 Å². The second kappa shape index (κ2) is 7.10. The van der Waals surface area contributed by atoms with Gasteiger partial charge in [-0.3, -0.25) is 9.69 Å². The highest BCUT2D eigenvalue weighted by Crippen LogP contribution is 2.22. The van der Waals surface area contributed by atoms with Crippen LogP contribution in [0.15, 0.2) is 47.1 Å². The second-order valence-electron chi connectivity index (χ2n) is 5.51. The third-order valence-corrected chi connectivity index (χ3v) is 3.57. The molecule has 0 aliphatic carbocycles. The summed E-state index contributed by atoms with van der Waals surface area (Å²) in [5.41, 5.74) is 3.12. The molecule has 0 aliphatic rings. The number of amides is 1. The van der Waals surface area contributed by atoms with Crippen molar-refractivity contribution < 1.29 is 14.2 Å². The summed E-state index contributed by atoms with van der Waals surface area (Å²) in [6.45, 7) is 0.870. The molecule has 0 saturated heterocycles. The summed E-state index contributed by atoms with van der Waals surface area (Å²) in [6, 6.07) is 13.0. The summed E-state index contributed by atoms with van der Waals surface area (Å²) in [6.07, 6.45) is 0. The molecule has 1 aromatic heterocycles. The fraction of sp³-hybridized carbons (Fsp3) is 0.235. The molecule has 3 rings (SSSR count). The summed E-state index contributed by atoms with van der Waals surface area (Å²) < 4.78 is 9.92. The molecule has 124 valence electrons. The minimum Gasteiger partial charge on any atom is -0.495 e. The van der Waals surface area contributed by atoms with E-state index in [1.54, 1.807) is 13.2 Å². The molecular formula is C17H18N4O3. The van der Waals surface area contributed by atoms with Crippen molar-refractivity contribution >= 4 is 22.6 Å². The number of rotatable bonds is 6. The summed E-state index contributed by atoms with van der Waals surface area (Å²) >= 11 is 0. The average molecular weight is 326 g/mol. The number of anilines is 1. The van der Waals surface area contributed by atoms with Crippen LogP contribution in [-0.2, 0) is 11.3 Å². The average Bonchev–Trinajstić information content (AvgIpc) is 3.02. The van der Waals surface area contributed by atoms with Crippen LogP contribution in [0, 0.1) is 0 Å². The maximum absolute atomic E-state index is 12.2. The van der Waals surface area contributed by atoms with E-state index in [0.717, 1.165) is 11.1 Å². The third-order valence-electron chi connectivity index (χ3n) is 3.57. The standard InChI is InChI=1S/C17H18N4O3/c1-21(10-12-7-8-13-15(9-12)20-24-19-13)11-17(22)18-14-5-3-4-6-16(14)23-2/h3-9H,10-11H2,1-2H3,(H,18,22). The number of nitrogens with zero attached hydrogens (tertiary/aromatic N) is 3. The van der Waals surface area contributed by atoms with E-state index in [4.69, 9.17) is 4.74 Å². The fourth-order valence-corrected chi connectivity index (χ4v) is 2.48. The second-order valence-corrected chi connectivity index (χ2v) is 5.51. The lowest BCUT2D eigenvalue weighted by molar-refractivity contribution is -0.117. The van der Waals surface area contributed by atoms with Crippen molar-refractivity contribution in [1.82, 2.24) is 15.2 Å². The highest BCUT2D eigenvalue weighted by Gasteiger charge is 2.11.